The summed E-state index contributed by atoms with van der Waals surface area (Å²) in [6, 6.07) is 27.3. The number of benzene rings is 4. The molecule has 7 aromatic rings. The summed E-state index contributed by atoms with van der Waals surface area (Å²) in [6.07, 6.45) is 3.43. The fraction of sp³-hybridized carbons (Fsp3) is 0.426. The number of esters is 1. The maximum absolute atomic E-state index is 15.5. The standard InChI is InChI=1S/C68H74N4O13/c1-38(75)34-70-67(37-72-56-18-19-69-55(56)31-57(72)40-8-7-9-43(76)24-40)33-42(35-74)68(36-67)32-41-25-52-49-29-60(81)61(83-2)30-50(49)51(65(41)48-16-15-44(77)27-53(48)68)26-45(78)28-63(59(80)22-39-14-17-58(79)62(23-39)84-21-20-73)85-64(82)13-6-4-11-47-46-10-3-5-12-54(46)71-66(47)52/h3,5,7-10,12,14,17-19,23-25,29-31,35,38,41-42,44,48,51,53,59,63,65,69-71,73,75-77,79-81H,11,13,15-16,20-22,26-28,32-34,36-37H2,1-2H3. The second-order valence-electron chi connectivity index (χ2n) is 24.6. The van der Waals surface area contributed by atoms with Crippen LogP contribution in [0.3, 0.4) is 0 Å². The Labute approximate surface area is 492 Å². The van der Waals surface area contributed by atoms with Gasteiger partial charge in [0.1, 0.15) is 37.0 Å². The lowest BCUT2D eigenvalue weighted by atomic mass is 9.46. The minimum Gasteiger partial charge on any atom is -0.508 e. The zero-order valence-electron chi connectivity index (χ0n) is 47.8. The number of aliphatic hydroxyl groups excluding tert-OH is 4. The van der Waals surface area contributed by atoms with Gasteiger partial charge in [0, 0.05) is 78.5 Å². The van der Waals surface area contributed by atoms with E-state index < -0.39 is 53.2 Å². The van der Waals surface area contributed by atoms with Crippen LogP contribution in [0.15, 0.2) is 103 Å². The van der Waals surface area contributed by atoms with Crippen molar-refractivity contribution in [2.24, 2.45) is 35.0 Å². The number of aldehydes is 1. The average molecular weight is 1160 g/mol. The number of hydrogen-bond donors (Lipinski definition) is 10. The number of H-pyrrole nitrogens is 2. The molecule has 1 spiro atoms. The Balaban J connectivity index is 1.03. The molecule has 3 saturated carbocycles. The molecule has 4 heterocycles. The molecule has 2 bridgehead atoms. The molecule has 4 aromatic carbocycles. The molecule has 17 nitrogen and oxygen atoms in total. The van der Waals surface area contributed by atoms with E-state index in [4.69, 9.17) is 14.2 Å². The lowest BCUT2D eigenvalue weighted by Gasteiger charge is -2.58. The number of rotatable bonds is 14. The normalized spacial score (nSPS) is 27.4. The highest BCUT2D eigenvalue weighted by Crippen LogP contribution is 2.69. The van der Waals surface area contributed by atoms with Crippen molar-refractivity contribution < 1.29 is 64.3 Å². The van der Waals surface area contributed by atoms with Crippen molar-refractivity contribution in [2.75, 3.05) is 26.9 Å². The first-order chi connectivity index (χ1) is 41.1. The van der Waals surface area contributed by atoms with Gasteiger partial charge in [0.25, 0.3) is 0 Å². The zero-order chi connectivity index (χ0) is 59.3. The van der Waals surface area contributed by atoms with E-state index in [1.54, 1.807) is 31.2 Å². The summed E-state index contributed by atoms with van der Waals surface area (Å²) in [5.74, 6) is 3.28. The largest absolute Gasteiger partial charge is 0.508 e. The van der Waals surface area contributed by atoms with E-state index in [1.807, 2.05) is 54.7 Å². The number of aromatic hydroxyl groups is 3. The van der Waals surface area contributed by atoms with Gasteiger partial charge < -0.3 is 74.6 Å². The van der Waals surface area contributed by atoms with Crippen molar-refractivity contribution in [1.82, 2.24) is 19.9 Å². The van der Waals surface area contributed by atoms with Gasteiger partial charge in [-0.15, -0.1) is 0 Å². The molecule has 3 fully saturated rings. The summed E-state index contributed by atoms with van der Waals surface area (Å²) in [4.78, 5) is 50.9. The molecule has 85 heavy (non-hydrogen) atoms. The predicted octanol–water partition coefficient (Wildman–Crippen LogP) is 8.38. The molecule has 12 atom stereocenters. The first kappa shape index (κ1) is 57.6. The third kappa shape index (κ3) is 11.0. The molecular weight excluding hydrogens is 1080 g/mol. The Morgan fingerprint density at radius 1 is 0.918 bits per heavy atom. The van der Waals surface area contributed by atoms with Crippen molar-refractivity contribution in [1.29, 1.82) is 0 Å². The number of carbonyl (C=O) groups excluding carboxylic acids is 3. The molecule has 0 radical (unpaired) electrons. The fourth-order valence-electron chi connectivity index (χ4n) is 16.0. The van der Waals surface area contributed by atoms with Crippen molar-refractivity contribution in [3.63, 3.8) is 0 Å². The van der Waals surface area contributed by atoms with Gasteiger partial charge in [0.15, 0.2) is 23.0 Å². The molecule has 5 aliphatic rings. The van der Waals surface area contributed by atoms with E-state index >= 15 is 4.79 Å². The quantitative estimate of drug-likeness (QED) is 0.0279. The van der Waals surface area contributed by atoms with E-state index in [-0.39, 0.29) is 110 Å². The lowest BCUT2D eigenvalue weighted by molar-refractivity contribution is -0.155. The first-order valence-corrected chi connectivity index (χ1v) is 29.7. The lowest BCUT2D eigenvalue weighted by Crippen LogP contribution is -2.55. The van der Waals surface area contributed by atoms with Gasteiger partial charge in [-0.3, -0.25) is 9.59 Å². The van der Waals surface area contributed by atoms with Gasteiger partial charge in [-0.25, -0.2) is 0 Å². The summed E-state index contributed by atoms with van der Waals surface area (Å²) in [7, 11) is 1.49. The predicted molar refractivity (Wildman–Crippen MR) is 319 cm³/mol. The maximum atomic E-state index is 15.5. The van der Waals surface area contributed by atoms with Crippen LogP contribution in [0.2, 0.25) is 0 Å². The number of nitrogens with one attached hydrogen (secondary N) is 3. The third-order valence-corrected chi connectivity index (χ3v) is 19.4. The summed E-state index contributed by atoms with van der Waals surface area (Å²) in [5, 5.41) is 82.6. The molecule has 4 aliphatic carbocycles. The second kappa shape index (κ2) is 23.5. The number of carbonyl (C=O) groups is 3. The number of aromatic amines is 2. The number of hydrogen-bond acceptors (Lipinski definition) is 14. The van der Waals surface area contributed by atoms with E-state index in [9.17, 15) is 45.3 Å². The van der Waals surface area contributed by atoms with Crippen molar-refractivity contribution in [3.05, 3.63) is 131 Å². The van der Waals surface area contributed by atoms with Crippen LogP contribution in [-0.2, 0) is 38.5 Å². The third-order valence-electron chi connectivity index (χ3n) is 19.4. The minimum absolute atomic E-state index is 0.0738. The van der Waals surface area contributed by atoms with E-state index in [0.717, 1.165) is 61.9 Å². The van der Waals surface area contributed by atoms with Crippen LogP contribution in [-0.4, -0.2) is 125 Å². The van der Waals surface area contributed by atoms with Crippen LogP contribution in [0.25, 0.3) is 38.8 Å². The zero-order valence-corrected chi connectivity index (χ0v) is 47.8. The number of para-hydroxylation sites is 1. The average Bonchev–Trinajstić information content (AvgIpc) is 1.69. The number of ether oxygens (including phenoxy) is 3. The number of cyclic esters (lactones) is 1. The Bertz CT molecular complexity index is 3770. The number of phenols is 3. The molecular formula is C68H74N4O13. The number of phenolic OH excluding ortho intramolecular Hbond substituents is 3. The van der Waals surface area contributed by atoms with Crippen molar-refractivity contribution >= 4 is 45.5 Å². The van der Waals surface area contributed by atoms with Crippen LogP contribution in [0.1, 0.15) is 98.6 Å². The Hall–Kier alpha value is -7.85. The van der Waals surface area contributed by atoms with Gasteiger partial charge in [0.2, 0.25) is 0 Å². The smallest absolute Gasteiger partial charge is 0.318 e. The van der Waals surface area contributed by atoms with Gasteiger partial charge >= 0.3 is 5.97 Å². The number of β-amino-alcohol motifs (C(OH)–C–C–N with tert-alkyl or cyclic N) is 1. The molecule has 17 heteroatoms. The van der Waals surface area contributed by atoms with Gasteiger partial charge in [-0.1, -0.05) is 54.3 Å². The first-order valence-electron chi connectivity index (χ1n) is 29.7. The molecule has 10 N–H and O–H groups in total. The number of aliphatic hydroxyl groups is 4. The van der Waals surface area contributed by atoms with Crippen molar-refractivity contribution in [3.8, 4) is 51.8 Å². The Morgan fingerprint density at radius 2 is 1.75 bits per heavy atom. The number of allylic oxidation sites excluding steroid dienone is 1. The van der Waals surface area contributed by atoms with Crippen LogP contribution in [0.4, 0.5) is 0 Å². The molecule has 12 rings (SSSR count). The minimum atomic E-state index is -1.40. The maximum Gasteiger partial charge on any atom is 0.318 e. The highest BCUT2D eigenvalue weighted by Gasteiger charge is 2.65. The van der Waals surface area contributed by atoms with Crippen LogP contribution in [0, 0.1) is 46.8 Å². The van der Waals surface area contributed by atoms with Gasteiger partial charge in [0.05, 0.1) is 54.4 Å². The number of Topliss-reactive ketones (excluding diaryl/α,β-unsaturated/α-hetero) is 1. The Morgan fingerprint density at radius 3 is 2.55 bits per heavy atom. The summed E-state index contributed by atoms with van der Waals surface area (Å²) >= 11 is 0. The molecule has 3 aromatic heterocycles. The Kier molecular flexibility index (Phi) is 15.9. The number of aromatic nitrogens is 3. The van der Waals surface area contributed by atoms with E-state index in [1.165, 1.54) is 19.2 Å². The highest BCUT2D eigenvalue weighted by molar-refractivity contribution is 5.95. The van der Waals surface area contributed by atoms with Crippen LogP contribution in [0.5, 0.6) is 28.7 Å². The van der Waals surface area contributed by atoms with E-state index in [2.05, 4.69) is 43.8 Å². The number of ketones is 1. The van der Waals surface area contributed by atoms with Gasteiger partial charge in [-0.2, -0.15) is 0 Å². The molecule has 0 amide bonds. The number of methoxy groups -OCH3 is 1. The fourth-order valence-corrected chi connectivity index (χ4v) is 16.0. The molecule has 1 aliphatic heterocycles. The molecule has 444 valence electrons. The second-order valence-corrected chi connectivity index (χ2v) is 24.6. The highest BCUT2D eigenvalue weighted by atomic mass is 16.6. The van der Waals surface area contributed by atoms with Crippen LogP contribution >= 0.6 is 0 Å². The summed E-state index contributed by atoms with van der Waals surface area (Å²) in [6.45, 7) is 2.01. The summed E-state index contributed by atoms with van der Waals surface area (Å²) < 4.78 is 19.8. The molecule has 0 saturated heterocycles. The topological polar surface area (TPSA) is 269 Å². The SMILES string of the molecule is COc1cc2c(cc1O)C1=CC3CC4(CC(Cn5c(-c6cccc(O)c6)cc6[nH]ccc65)(NCC(C)O)CC4C=O)C4CC(O)CCC4C3C2CC(=O)CC(C(O)Cc2ccc(O)c(OCCO)c2)OC(=O)CC#CCc2c1[nH]c1ccccc21. The number of fused-ring (bicyclic) bond motifs is 10. The monoisotopic (exact) mass is 1150 g/mol. The van der Waals surface area contributed by atoms with Gasteiger partial charge in [-0.05, 0) is 157 Å². The van der Waals surface area contributed by atoms with Crippen molar-refractivity contribution in [2.45, 2.75) is 120 Å². The summed E-state index contributed by atoms with van der Waals surface area (Å²) in [5.41, 5.74) is 7.18. The number of nitrogens with zero attached hydrogens (tertiary/aromatic N) is 1. The molecule has 12 unspecified atom stereocenters. The van der Waals surface area contributed by atoms with E-state index in [0.29, 0.717) is 56.2 Å². The van der Waals surface area contributed by atoms with Crippen LogP contribution < -0.4 is 14.8 Å².